The molecule has 0 spiro atoms. The summed E-state index contributed by atoms with van der Waals surface area (Å²) in [5.74, 6) is -1.17. The maximum absolute atomic E-state index is 13.4. The van der Waals surface area contributed by atoms with E-state index in [0.717, 1.165) is 36.4 Å². The van der Waals surface area contributed by atoms with Gasteiger partial charge in [-0.05, 0) is 61.4 Å². The number of sulfone groups is 1. The molecule has 0 amide bonds. The number of alkyl halides is 2. The fourth-order valence-electron chi connectivity index (χ4n) is 2.27. The fourth-order valence-corrected chi connectivity index (χ4v) is 4.58. The molecule has 0 bridgehead atoms. The van der Waals surface area contributed by atoms with Crippen LogP contribution in [0.3, 0.4) is 0 Å². The van der Waals surface area contributed by atoms with Gasteiger partial charge in [-0.1, -0.05) is 0 Å². The molecule has 2 unspecified atom stereocenters. The van der Waals surface area contributed by atoms with Crippen molar-refractivity contribution < 1.29 is 17.2 Å². The molecule has 0 radical (unpaired) electrons. The van der Waals surface area contributed by atoms with Crippen LogP contribution < -0.4 is 0 Å². The van der Waals surface area contributed by atoms with Crippen molar-refractivity contribution in [3.05, 3.63) is 59.2 Å². The summed E-state index contributed by atoms with van der Waals surface area (Å²) in [4.78, 5) is -0.238. The molecule has 2 aromatic carbocycles. The van der Waals surface area contributed by atoms with E-state index in [-0.39, 0.29) is 20.9 Å². The van der Waals surface area contributed by atoms with Gasteiger partial charge >= 0.3 is 0 Å². The first-order valence-electron chi connectivity index (χ1n) is 6.76. The largest absolute Gasteiger partial charge is 0.218 e. The Kier molecular flexibility index (Phi) is 5.33. The van der Waals surface area contributed by atoms with E-state index in [1.807, 2.05) is 0 Å². The van der Waals surface area contributed by atoms with Crippen molar-refractivity contribution in [1.82, 2.24) is 0 Å². The van der Waals surface area contributed by atoms with E-state index in [1.54, 1.807) is 13.8 Å². The quantitative estimate of drug-likeness (QED) is 0.527. The third-order valence-corrected chi connectivity index (χ3v) is 5.75. The second-order valence-corrected chi connectivity index (χ2v) is 8.30. The van der Waals surface area contributed by atoms with Gasteiger partial charge < -0.3 is 0 Å². The van der Waals surface area contributed by atoms with E-state index in [2.05, 4.69) is 0 Å². The molecule has 0 saturated heterocycles. The number of benzene rings is 2. The van der Waals surface area contributed by atoms with Crippen LogP contribution in [0.25, 0.3) is 0 Å². The van der Waals surface area contributed by atoms with Gasteiger partial charge in [0.05, 0.1) is 20.5 Å². The molecule has 0 N–H and O–H groups in total. The van der Waals surface area contributed by atoms with Crippen LogP contribution in [0.15, 0.2) is 46.2 Å². The zero-order valence-electron chi connectivity index (χ0n) is 12.4. The number of hydrogen-bond acceptors (Lipinski definition) is 2. The smallest absolute Gasteiger partial charge is 0.207 e. The molecule has 0 saturated carbocycles. The minimum absolute atomic E-state index is 0.119. The highest BCUT2D eigenvalue weighted by molar-refractivity contribution is 7.91. The van der Waals surface area contributed by atoms with Crippen molar-refractivity contribution in [2.24, 2.45) is 0 Å². The predicted octanol–water partition coefficient (Wildman–Crippen LogP) is 5.40. The lowest BCUT2D eigenvalue weighted by molar-refractivity contribution is 0.589. The van der Waals surface area contributed by atoms with E-state index < -0.39 is 32.2 Å². The Morgan fingerprint density at radius 2 is 1.17 bits per heavy atom. The van der Waals surface area contributed by atoms with Gasteiger partial charge in [-0.25, -0.2) is 17.2 Å². The van der Waals surface area contributed by atoms with E-state index in [0.29, 0.717) is 0 Å². The van der Waals surface area contributed by atoms with Gasteiger partial charge in [0.15, 0.2) is 0 Å². The summed E-state index contributed by atoms with van der Waals surface area (Å²) in [5.41, 5.74) is 0.285. The molecule has 0 aromatic heterocycles. The van der Waals surface area contributed by atoms with Crippen molar-refractivity contribution in [1.29, 1.82) is 0 Å². The highest BCUT2D eigenvalue weighted by Crippen LogP contribution is 2.35. The van der Waals surface area contributed by atoms with Gasteiger partial charge in [-0.2, -0.15) is 0 Å². The molecule has 7 heteroatoms. The highest BCUT2D eigenvalue weighted by atomic mass is 35.5. The molecule has 2 rings (SSSR count). The van der Waals surface area contributed by atoms with E-state index in [1.165, 1.54) is 0 Å². The van der Waals surface area contributed by atoms with Crippen LogP contribution in [-0.4, -0.2) is 8.42 Å². The molecule has 0 aliphatic heterocycles. The Morgan fingerprint density at radius 1 is 0.826 bits per heavy atom. The van der Waals surface area contributed by atoms with E-state index in [9.17, 15) is 17.2 Å². The zero-order valence-corrected chi connectivity index (χ0v) is 14.7. The van der Waals surface area contributed by atoms with Crippen LogP contribution >= 0.6 is 23.2 Å². The lowest BCUT2D eigenvalue weighted by Gasteiger charge is -2.16. The molecule has 23 heavy (non-hydrogen) atoms. The van der Waals surface area contributed by atoms with Crippen LogP contribution in [0.5, 0.6) is 0 Å². The second-order valence-electron chi connectivity index (χ2n) is 5.10. The average molecular weight is 379 g/mol. The zero-order chi connectivity index (χ0) is 17.4. The van der Waals surface area contributed by atoms with Crippen molar-refractivity contribution >= 4 is 33.0 Å². The van der Waals surface area contributed by atoms with Crippen molar-refractivity contribution in [3.63, 3.8) is 0 Å². The predicted molar refractivity (Wildman–Crippen MR) is 86.8 cm³/mol. The topological polar surface area (TPSA) is 34.1 Å². The fraction of sp³-hybridized carbons (Fsp3) is 0.250. The van der Waals surface area contributed by atoms with Crippen LogP contribution in [0.2, 0.25) is 0 Å². The molecule has 2 aromatic rings. The SMILES string of the molecule is CC(Cl)c1cc(F)ccc1S(=O)(=O)c1ccc(F)cc1C(C)Cl. The second kappa shape index (κ2) is 6.75. The highest BCUT2D eigenvalue weighted by Gasteiger charge is 2.27. The van der Waals surface area contributed by atoms with Gasteiger partial charge in [0.25, 0.3) is 0 Å². The van der Waals surface area contributed by atoms with Gasteiger partial charge in [0.2, 0.25) is 9.84 Å². The lowest BCUT2D eigenvalue weighted by Crippen LogP contribution is -2.10. The summed E-state index contributed by atoms with van der Waals surface area (Å²) >= 11 is 12.0. The minimum atomic E-state index is -4.03. The molecule has 2 nitrogen and oxygen atoms in total. The van der Waals surface area contributed by atoms with Gasteiger partial charge in [0.1, 0.15) is 11.6 Å². The van der Waals surface area contributed by atoms with Gasteiger partial charge in [0, 0.05) is 0 Å². The molecule has 0 heterocycles. The van der Waals surface area contributed by atoms with E-state index >= 15 is 0 Å². The molecule has 0 aliphatic carbocycles. The normalized spacial score (nSPS) is 14.5. The Balaban J connectivity index is 2.74. The number of rotatable bonds is 4. The average Bonchev–Trinajstić information content (AvgIpc) is 2.46. The van der Waals surface area contributed by atoms with E-state index in [4.69, 9.17) is 23.2 Å². The Morgan fingerprint density at radius 3 is 1.48 bits per heavy atom. The first-order chi connectivity index (χ1) is 10.6. The van der Waals surface area contributed by atoms with Crippen molar-refractivity contribution in [2.45, 2.75) is 34.4 Å². The third-order valence-electron chi connectivity index (χ3n) is 3.38. The number of halogens is 4. The summed E-state index contributed by atoms with van der Waals surface area (Å²) in [6, 6.07) is 6.57. The maximum Gasteiger partial charge on any atom is 0.207 e. The van der Waals surface area contributed by atoms with Crippen LogP contribution in [-0.2, 0) is 9.84 Å². The van der Waals surface area contributed by atoms with Crippen LogP contribution in [0, 0.1) is 11.6 Å². The molecule has 0 fully saturated rings. The summed E-state index contributed by atoms with van der Waals surface area (Å²) < 4.78 is 52.8. The molecule has 2 atom stereocenters. The van der Waals surface area contributed by atoms with Crippen LogP contribution in [0.4, 0.5) is 8.78 Å². The monoisotopic (exact) mass is 378 g/mol. The molecule has 124 valence electrons. The molecular formula is C16H14Cl2F2O2S. The Labute approximate surface area is 144 Å². The third kappa shape index (κ3) is 3.67. The molecular weight excluding hydrogens is 365 g/mol. The molecule has 0 aliphatic rings. The summed E-state index contributed by atoms with van der Waals surface area (Å²) in [7, 11) is -4.03. The standard InChI is InChI=1S/C16H14Cl2F2O2S/c1-9(17)13-7-11(19)3-5-15(13)23(21,22)16-6-4-12(20)8-14(16)10(2)18/h3-10H,1-2H3. The Bertz CT molecular complexity index is 770. The van der Waals surface area contributed by atoms with Gasteiger partial charge in [-0.3, -0.25) is 0 Å². The maximum atomic E-state index is 13.4. The van der Waals surface area contributed by atoms with Gasteiger partial charge in [-0.15, -0.1) is 23.2 Å². The summed E-state index contributed by atoms with van der Waals surface area (Å²) in [6.07, 6.45) is 0. The van der Waals surface area contributed by atoms with Crippen molar-refractivity contribution in [2.75, 3.05) is 0 Å². The Hall–Kier alpha value is -1.17. The minimum Gasteiger partial charge on any atom is -0.218 e. The summed E-state index contributed by atoms with van der Waals surface area (Å²) in [6.45, 7) is 3.09. The van der Waals surface area contributed by atoms with Crippen molar-refractivity contribution in [3.8, 4) is 0 Å². The summed E-state index contributed by atoms with van der Waals surface area (Å²) in [5, 5.41) is -1.43. The van der Waals surface area contributed by atoms with Crippen LogP contribution in [0.1, 0.15) is 35.7 Å². The first kappa shape index (κ1) is 18.2. The lowest BCUT2D eigenvalue weighted by atomic mass is 10.1. The number of hydrogen-bond donors (Lipinski definition) is 0. The first-order valence-corrected chi connectivity index (χ1v) is 9.12.